The highest BCUT2D eigenvalue weighted by Crippen LogP contribution is 2.19. The number of carbonyl (C=O) groups is 2. The predicted octanol–water partition coefficient (Wildman–Crippen LogP) is 0.551. The smallest absolute Gasteiger partial charge is 0.246 e. The highest BCUT2D eigenvalue weighted by molar-refractivity contribution is 7.09. The first-order valence-electron chi connectivity index (χ1n) is 5.05. The van der Waals surface area contributed by atoms with Gasteiger partial charge in [-0.05, 0) is 6.92 Å². The van der Waals surface area contributed by atoms with Crippen LogP contribution >= 0.6 is 11.3 Å². The van der Waals surface area contributed by atoms with Crippen LogP contribution in [-0.4, -0.2) is 34.8 Å². The third-order valence-corrected chi connectivity index (χ3v) is 3.61. The van der Waals surface area contributed by atoms with Gasteiger partial charge in [0.25, 0.3) is 0 Å². The van der Waals surface area contributed by atoms with Gasteiger partial charge in [0.2, 0.25) is 11.8 Å². The molecule has 0 spiro atoms. The number of nitrogens with zero attached hydrogens (tertiary/aromatic N) is 2. The average molecular weight is 239 g/mol. The number of amides is 2. The summed E-state index contributed by atoms with van der Waals surface area (Å²) in [5, 5.41) is 5.94. The van der Waals surface area contributed by atoms with Crippen LogP contribution in [0.3, 0.4) is 0 Å². The summed E-state index contributed by atoms with van der Waals surface area (Å²) in [6.45, 7) is 1.94. The van der Waals surface area contributed by atoms with Crippen molar-refractivity contribution >= 4 is 23.2 Å². The Balaban J connectivity index is 2.01. The van der Waals surface area contributed by atoms with E-state index in [0.717, 1.165) is 5.01 Å². The topological polar surface area (TPSA) is 62.3 Å². The molecule has 0 aliphatic carbocycles. The van der Waals surface area contributed by atoms with E-state index < -0.39 is 6.04 Å². The highest BCUT2D eigenvalue weighted by Gasteiger charge is 2.36. The lowest BCUT2D eigenvalue weighted by molar-refractivity contribution is -0.137. The van der Waals surface area contributed by atoms with Crippen LogP contribution < -0.4 is 5.32 Å². The first kappa shape index (κ1) is 11.2. The SMILES string of the molecule is CC(NC1CC(=O)N(C)C1=O)c1nccs1. The molecular formula is C10H13N3O2S. The summed E-state index contributed by atoms with van der Waals surface area (Å²) in [5.74, 6) is -0.290. The zero-order chi connectivity index (χ0) is 11.7. The molecule has 1 aliphatic heterocycles. The van der Waals surface area contributed by atoms with E-state index in [9.17, 15) is 9.59 Å². The second kappa shape index (κ2) is 4.31. The Morgan fingerprint density at radius 2 is 2.38 bits per heavy atom. The molecule has 2 atom stereocenters. The lowest BCUT2D eigenvalue weighted by Crippen LogP contribution is -2.38. The van der Waals surface area contributed by atoms with Crippen molar-refractivity contribution in [2.24, 2.45) is 0 Å². The van der Waals surface area contributed by atoms with E-state index >= 15 is 0 Å². The molecule has 86 valence electrons. The Bertz CT molecular complexity index is 404. The number of imide groups is 1. The average Bonchev–Trinajstić information content (AvgIpc) is 2.85. The second-order valence-electron chi connectivity index (χ2n) is 3.81. The molecule has 1 saturated heterocycles. The van der Waals surface area contributed by atoms with Crippen LogP contribution in [0.2, 0.25) is 0 Å². The van der Waals surface area contributed by atoms with E-state index in [4.69, 9.17) is 0 Å². The van der Waals surface area contributed by atoms with Crippen LogP contribution in [0.15, 0.2) is 11.6 Å². The van der Waals surface area contributed by atoms with Crippen molar-refractivity contribution in [3.8, 4) is 0 Å². The molecule has 16 heavy (non-hydrogen) atoms. The van der Waals surface area contributed by atoms with Gasteiger partial charge in [-0.1, -0.05) is 0 Å². The normalized spacial score (nSPS) is 22.9. The van der Waals surface area contributed by atoms with E-state index in [0.29, 0.717) is 0 Å². The van der Waals surface area contributed by atoms with Gasteiger partial charge in [0.1, 0.15) is 5.01 Å². The van der Waals surface area contributed by atoms with Gasteiger partial charge in [0.05, 0.1) is 18.5 Å². The van der Waals surface area contributed by atoms with Gasteiger partial charge < -0.3 is 0 Å². The minimum Gasteiger partial charge on any atom is -0.297 e. The van der Waals surface area contributed by atoms with Gasteiger partial charge in [-0.25, -0.2) is 4.98 Å². The van der Waals surface area contributed by atoms with Crippen LogP contribution in [0.25, 0.3) is 0 Å². The Kier molecular flexibility index (Phi) is 3.02. The van der Waals surface area contributed by atoms with Gasteiger partial charge in [-0.2, -0.15) is 0 Å². The molecular weight excluding hydrogens is 226 g/mol. The van der Waals surface area contributed by atoms with E-state index in [2.05, 4.69) is 10.3 Å². The standard InChI is InChI=1S/C10H13N3O2S/c1-6(9-11-3-4-16-9)12-7-5-8(14)13(2)10(7)15/h3-4,6-7,12H,5H2,1-2H3. The molecule has 2 unspecified atom stereocenters. The molecule has 1 aliphatic rings. The molecule has 0 radical (unpaired) electrons. The monoisotopic (exact) mass is 239 g/mol. The molecule has 1 fully saturated rings. The molecule has 0 bridgehead atoms. The van der Waals surface area contributed by atoms with Crippen molar-refractivity contribution < 1.29 is 9.59 Å². The van der Waals surface area contributed by atoms with Crippen LogP contribution in [0.5, 0.6) is 0 Å². The Hall–Kier alpha value is -1.27. The number of hydrogen-bond donors (Lipinski definition) is 1. The summed E-state index contributed by atoms with van der Waals surface area (Å²) in [7, 11) is 1.51. The van der Waals surface area contributed by atoms with E-state index in [1.165, 1.54) is 23.3 Å². The Morgan fingerprint density at radius 3 is 2.88 bits per heavy atom. The predicted molar refractivity (Wildman–Crippen MR) is 59.8 cm³/mol. The zero-order valence-corrected chi connectivity index (χ0v) is 9.95. The molecule has 2 amide bonds. The molecule has 1 aromatic rings. The fourth-order valence-electron chi connectivity index (χ4n) is 1.71. The molecule has 6 heteroatoms. The van der Waals surface area contributed by atoms with E-state index in [1.54, 1.807) is 6.20 Å². The van der Waals surface area contributed by atoms with Crippen molar-refractivity contribution in [2.75, 3.05) is 7.05 Å². The number of rotatable bonds is 3. The maximum Gasteiger partial charge on any atom is 0.246 e. The van der Waals surface area contributed by atoms with E-state index in [-0.39, 0.29) is 24.3 Å². The summed E-state index contributed by atoms with van der Waals surface area (Å²) in [4.78, 5) is 28.3. The Labute approximate surface area is 97.5 Å². The van der Waals surface area contributed by atoms with Gasteiger partial charge in [-0.15, -0.1) is 11.3 Å². The number of hydrogen-bond acceptors (Lipinski definition) is 5. The lowest BCUT2D eigenvalue weighted by Gasteiger charge is -2.15. The van der Waals surface area contributed by atoms with Gasteiger partial charge in [-0.3, -0.25) is 19.8 Å². The maximum atomic E-state index is 11.6. The summed E-state index contributed by atoms with van der Waals surface area (Å²) in [6, 6.07) is -0.412. The van der Waals surface area contributed by atoms with Gasteiger partial charge in [0, 0.05) is 18.6 Å². The lowest BCUT2D eigenvalue weighted by atomic mass is 10.2. The maximum absolute atomic E-state index is 11.6. The molecule has 2 heterocycles. The van der Waals surface area contributed by atoms with Crippen LogP contribution in [0, 0.1) is 0 Å². The van der Waals surface area contributed by atoms with Crippen LogP contribution in [0.4, 0.5) is 0 Å². The minimum atomic E-state index is -0.406. The van der Waals surface area contributed by atoms with Crippen LogP contribution in [-0.2, 0) is 9.59 Å². The first-order valence-corrected chi connectivity index (χ1v) is 5.93. The zero-order valence-electron chi connectivity index (χ0n) is 9.14. The highest BCUT2D eigenvalue weighted by atomic mass is 32.1. The van der Waals surface area contributed by atoms with Gasteiger partial charge >= 0.3 is 0 Å². The number of aromatic nitrogens is 1. The van der Waals surface area contributed by atoms with Crippen molar-refractivity contribution in [1.82, 2.24) is 15.2 Å². The minimum absolute atomic E-state index is 0.00625. The number of carbonyl (C=O) groups excluding carboxylic acids is 2. The van der Waals surface area contributed by atoms with Crippen molar-refractivity contribution in [2.45, 2.75) is 25.4 Å². The molecule has 5 nitrogen and oxygen atoms in total. The van der Waals surface area contributed by atoms with Crippen LogP contribution in [0.1, 0.15) is 24.4 Å². The summed E-state index contributed by atoms with van der Waals surface area (Å²) >= 11 is 1.53. The number of likely N-dealkylation sites (N-methyl/N-ethyl adjacent to an activating group) is 1. The number of nitrogens with one attached hydrogen (secondary N) is 1. The number of likely N-dealkylation sites (tertiary alicyclic amines) is 1. The first-order chi connectivity index (χ1) is 7.59. The fourth-order valence-corrected chi connectivity index (χ4v) is 2.36. The van der Waals surface area contributed by atoms with Crippen molar-refractivity contribution in [3.05, 3.63) is 16.6 Å². The summed E-state index contributed by atoms with van der Waals surface area (Å²) in [5.41, 5.74) is 0. The quantitative estimate of drug-likeness (QED) is 0.782. The summed E-state index contributed by atoms with van der Waals surface area (Å²) in [6.07, 6.45) is 1.97. The third-order valence-electron chi connectivity index (χ3n) is 2.65. The van der Waals surface area contributed by atoms with E-state index in [1.807, 2.05) is 12.3 Å². The summed E-state index contributed by atoms with van der Waals surface area (Å²) < 4.78 is 0. The Morgan fingerprint density at radius 1 is 1.62 bits per heavy atom. The number of thiazole rings is 1. The van der Waals surface area contributed by atoms with Gasteiger partial charge in [0.15, 0.2) is 0 Å². The van der Waals surface area contributed by atoms with Crippen molar-refractivity contribution in [1.29, 1.82) is 0 Å². The molecule has 1 aromatic heterocycles. The second-order valence-corrected chi connectivity index (χ2v) is 4.73. The largest absolute Gasteiger partial charge is 0.297 e. The molecule has 0 aromatic carbocycles. The molecule has 2 rings (SSSR count). The molecule has 0 saturated carbocycles. The molecule has 1 N–H and O–H groups in total. The van der Waals surface area contributed by atoms with Crippen molar-refractivity contribution in [3.63, 3.8) is 0 Å². The third kappa shape index (κ3) is 1.98. The fraction of sp³-hybridized carbons (Fsp3) is 0.500.